The summed E-state index contributed by atoms with van der Waals surface area (Å²) in [4.78, 5) is 2.70. The highest BCUT2D eigenvalue weighted by molar-refractivity contribution is 5.30. The first kappa shape index (κ1) is 12.0. The molecule has 0 amide bonds. The van der Waals surface area contributed by atoms with E-state index in [2.05, 4.69) is 10.00 Å². The molecule has 2 unspecified atom stereocenters. The molecule has 1 aliphatic carbocycles. The van der Waals surface area contributed by atoms with E-state index in [-0.39, 0.29) is 0 Å². The van der Waals surface area contributed by atoms with Crippen LogP contribution in [0.5, 0.6) is 0 Å². The Morgan fingerprint density at radius 3 is 2.83 bits per heavy atom. The van der Waals surface area contributed by atoms with E-state index >= 15 is 0 Å². The summed E-state index contributed by atoms with van der Waals surface area (Å²) in [5.41, 5.74) is 6.46. The van der Waals surface area contributed by atoms with Gasteiger partial charge in [0.15, 0.2) is 0 Å². The Balaban J connectivity index is 1.57. The first-order valence-electron chi connectivity index (χ1n) is 7.35. The fraction of sp³-hybridized carbons (Fsp3) is 0.786. The summed E-state index contributed by atoms with van der Waals surface area (Å²) in [6, 6.07) is 0.848. The van der Waals surface area contributed by atoms with Gasteiger partial charge in [-0.25, -0.2) is 0 Å². The average Bonchev–Trinajstić information content (AvgIpc) is 2.82. The van der Waals surface area contributed by atoms with Gasteiger partial charge in [0.1, 0.15) is 0 Å². The van der Waals surface area contributed by atoms with Gasteiger partial charge < -0.3 is 5.73 Å². The van der Waals surface area contributed by atoms with Crippen LogP contribution >= 0.6 is 0 Å². The minimum absolute atomic E-state index is 0.768. The predicted molar refractivity (Wildman–Crippen MR) is 73.2 cm³/mol. The molecule has 4 heteroatoms. The predicted octanol–water partition coefficient (Wildman–Crippen LogP) is 2.12. The van der Waals surface area contributed by atoms with Crippen LogP contribution in [0.2, 0.25) is 0 Å². The fourth-order valence-corrected chi connectivity index (χ4v) is 3.74. The largest absolute Gasteiger partial charge is 0.396 e. The summed E-state index contributed by atoms with van der Waals surface area (Å²) < 4.78 is 1.97. The maximum absolute atomic E-state index is 5.70. The van der Waals surface area contributed by atoms with E-state index < -0.39 is 0 Å². The first-order valence-corrected chi connectivity index (χ1v) is 7.35. The molecule has 2 heterocycles. The molecule has 18 heavy (non-hydrogen) atoms. The molecule has 3 rings (SSSR count). The van der Waals surface area contributed by atoms with Crippen molar-refractivity contribution in [2.45, 2.75) is 51.1 Å². The Morgan fingerprint density at radius 1 is 1.17 bits per heavy atom. The van der Waals surface area contributed by atoms with Crippen LogP contribution in [-0.4, -0.2) is 33.8 Å². The van der Waals surface area contributed by atoms with E-state index in [0.29, 0.717) is 0 Å². The topological polar surface area (TPSA) is 47.1 Å². The fourth-order valence-electron chi connectivity index (χ4n) is 3.74. The number of nitrogens with two attached hydrogens (primary N) is 1. The molecule has 0 spiro atoms. The molecule has 2 fully saturated rings. The number of hydrogen-bond acceptors (Lipinski definition) is 3. The molecule has 0 radical (unpaired) electrons. The number of nitrogen functional groups attached to an aromatic ring is 1. The number of likely N-dealkylation sites (tertiary alicyclic amines) is 1. The van der Waals surface area contributed by atoms with Gasteiger partial charge in [-0.2, -0.15) is 5.10 Å². The van der Waals surface area contributed by atoms with Crippen molar-refractivity contribution in [3.63, 3.8) is 0 Å². The minimum Gasteiger partial charge on any atom is -0.396 e. The zero-order valence-corrected chi connectivity index (χ0v) is 11.1. The number of aromatic nitrogens is 2. The monoisotopic (exact) mass is 248 g/mol. The molecule has 0 aromatic carbocycles. The van der Waals surface area contributed by atoms with Crippen LogP contribution in [0.15, 0.2) is 12.4 Å². The zero-order valence-electron chi connectivity index (χ0n) is 11.1. The second-order valence-corrected chi connectivity index (χ2v) is 5.83. The summed E-state index contributed by atoms with van der Waals surface area (Å²) in [5.74, 6) is 0.968. The van der Waals surface area contributed by atoms with Crippen molar-refractivity contribution in [3.8, 4) is 0 Å². The maximum Gasteiger partial charge on any atom is 0.0719 e. The lowest BCUT2D eigenvalue weighted by atomic mass is 9.78. The summed E-state index contributed by atoms with van der Waals surface area (Å²) in [6.45, 7) is 3.38. The molecule has 2 aliphatic rings. The number of anilines is 1. The van der Waals surface area contributed by atoms with Gasteiger partial charge in [0.05, 0.1) is 18.4 Å². The molecule has 1 aromatic heterocycles. The molecule has 2 atom stereocenters. The normalized spacial score (nSPS) is 29.1. The molecular formula is C14H24N4. The number of rotatable bonds is 3. The molecular weight excluding hydrogens is 224 g/mol. The SMILES string of the molecule is Nc1cnn(CCN2CCCC3CCCCC32)c1. The van der Waals surface area contributed by atoms with E-state index in [1.165, 1.54) is 45.1 Å². The Bertz CT molecular complexity index is 385. The minimum atomic E-state index is 0.768. The number of fused-ring (bicyclic) bond motifs is 1. The van der Waals surface area contributed by atoms with Crippen LogP contribution in [0, 0.1) is 5.92 Å². The van der Waals surface area contributed by atoms with Crippen LogP contribution in [0.3, 0.4) is 0 Å². The van der Waals surface area contributed by atoms with E-state index in [1.807, 2.05) is 10.9 Å². The lowest BCUT2D eigenvalue weighted by Gasteiger charge is -2.44. The molecule has 1 aliphatic heterocycles. The zero-order chi connectivity index (χ0) is 12.4. The van der Waals surface area contributed by atoms with Crippen molar-refractivity contribution < 1.29 is 0 Å². The molecule has 2 N–H and O–H groups in total. The Kier molecular flexibility index (Phi) is 3.55. The van der Waals surface area contributed by atoms with Crippen molar-refractivity contribution in [1.82, 2.24) is 14.7 Å². The standard InChI is InChI=1S/C14H24N4/c15-13-10-16-18(11-13)9-8-17-7-3-5-12-4-1-2-6-14(12)17/h10-12,14H,1-9,15H2. The van der Waals surface area contributed by atoms with E-state index in [9.17, 15) is 0 Å². The third kappa shape index (κ3) is 2.53. The number of nitrogens with zero attached hydrogens (tertiary/aromatic N) is 3. The molecule has 1 aromatic rings. The Hall–Kier alpha value is -1.03. The summed E-state index contributed by atoms with van der Waals surface area (Å²) in [7, 11) is 0. The van der Waals surface area contributed by atoms with Crippen LogP contribution in [-0.2, 0) is 6.54 Å². The van der Waals surface area contributed by atoms with Gasteiger partial charge in [0.2, 0.25) is 0 Å². The van der Waals surface area contributed by atoms with Gasteiger partial charge in [0, 0.05) is 18.8 Å². The van der Waals surface area contributed by atoms with Gasteiger partial charge in [-0.05, 0) is 38.1 Å². The van der Waals surface area contributed by atoms with E-state index in [4.69, 9.17) is 5.73 Å². The highest BCUT2D eigenvalue weighted by atomic mass is 15.3. The lowest BCUT2D eigenvalue weighted by Crippen LogP contribution is -2.47. The first-order chi connectivity index (χ1) is 8.83. The van der Waals surface area contributed by atoms with Crippen LogP contribution in [0.1, 0.15) is 38.5 Å². The van der Waals surface area contributed by atoms with Gasteiger partial charge in [-0.15, -0.1) is 0 Å². The average molecular weight is 248 g/mol. The summed E-state index contributed by atoms with van der Waals surface area (Å²) in [5, 5.41) is 4.27. The number of hydrogen-bond donors (Lipinski definition) is 1. The quantitative estimate of drug-likeness (QED) is 0.891. The van der Waals surface area contributed by atoms with Crippen molar-refractivity contribution in [2.75, 3.05) is 18.8 Å². The van der Waals surface area contributed by atoms with Crippen molar-refractivity contribution >= 4 is 5.69 Å². The lowest BCUT2D eigenvalue weighted by molar-refractivity contribution is 0.0574. The molecule has 1 saturated carbocycles. The smallest absolute Gasteiger partial charge is 0.0719 e. The highest BCUT2D eigenvalue weighted by Crippen LogP contribution is 2.34. The van der Waals surface area contributed by atoms with E-state index in [0.717, 1.165) is 30.7 Å². The van der Waals surface area contributed by atoms with Gasteiger partial charge in [-0.1, -0.05) is 12.8 Å². The van der Waals surface area contributed by atoms with Gasteiger partial charge in [0.25, 0.3) is 0 Å². The molecule has 0 bridgehead atoms. The summed E-state index contributed by atoms with van der Waals surface area (Å²) in [6.07, 6.45) is 12.2. The van der Waals surface area contributed by atoms with Crippen LogP contribution in [0.4, 0.5) is 5.69 Å². The second kappa shape index (κ2) is 5.31. The van der Waals surface area contributed by atoms with E-state index in [1.54, 1.807) is 6.20 Å². The molecule has 100 valence electrons. The number of piperidine rings is 1. The van der Waals surface area contributed by atoms with Gasteiger partial charge >= 0.3 is 0 Å². The third-order valence-electron chi connectivity index (χ3n) is 4.63. The summed E-state index contributed by atoms with van der Waals surface area (Å²) >= 11 is 0. The van der Waals surface area contributed by atoms with Gasteiger partial charge in [-0.3, -0.25) is 9.58 Å². The molecule has 1 saturated heterocycles. The third-order valence-corrected chi connectivity index (χ3v) is 4.63. The maximum atomic E-state index is 5.70. The van der Waals surface area contributed by atoms with Crippen molar-refractivity contribution in [1.29, 1.82) is 0 Å². The second-order valence-electron chi connectivity index (χ2n) is 5.83. The highest BCUT2D eigenvalue weighted by Gasteiger charge is 2.32. The van der Waals surface area contributed by atoms with Crippen molar-refractivity contribution in [2.24, 2.45) is 5.92 Å². The van der Waals surface area contributed by atoms with Crippen LogP contribution in [0.25, 0.3) is 0 Å². The van der Waals surface area contributed by atoms with Crippen molar-refractivity contribution in [3.05, 3.63) is 12.4 Å². The molecule has 4 nitrogen and oxygen atoms in total. The van der Waals surface area contributed by atoms with Crippen LogP contribution < -0.4 is 5.73 Å². The Labute approximate surface area is 109 Å². The Morgan fingerprint density at radius 2 is 2.00 bits per heavy atom.